The maximum atomic E-state index is 11.9. The zero-order chi connectivity index (χ0) is 12.3. The Morgan fingerprint density at radius 1 is 1.12 bits per heavy atom. The topological polar surface area (TPSA) is 57.9 Å². The Hall–Kier alpha value is -1.34. The third kappa shape index (κ3) is 2.61. The summed E-state index contributed by atoms with van der Waals surface area (Å²) in [6, 6.07) is 5.42. The van der Waals surface area contributed by atoms with Crippen LogP contribution in [-0.4, -0.2) is 14.2 Å². The van der Waals surface area contributed by atoms with E-state index in [-0.39, 0.29) is 12.2 Å². The Labute approximate surface area is 96.6 Å². The van der Waals surface area contributed by atoms with Gasteiger partial charge in [0.2, 0.25) is 0 Å². The van der Waals surface area contributed by atoms with Gasteiger partial charge >= 0.3 is 0 Å². The molecule has 1 aromatic rings. The Kier molecular flexibility index (Phi) is 3.71. The lowest BCUT2D eigenvalue weighted by Gasteiger charge is -2.09. The highest BCUT2D eigenvalue weighted by molar-refractivity contribution is 7.91. The van der Waals surface area contributed by atoms with Crippen LogP contribution >= 0.6 is 0 Å². The summed E-state index contributed by atoms with van der Waals surface area (Å²) in [5.41, 5.74) is 2.79. The SMILES string of the molecule is Cc1cc(C)c(S(=O)(=O)CCC#N)cc1C. The Balaban J connectivity index is 3.24. The number of hydrogen-bond acceptors (Lipinski definition) is 3. The van der Waals surface area contributed by atoms with E-state index in [9.17, 15) is 8.42 Å². The van der Waals surface area contributed by atoms with Crippen LogP contribution < -0.4 is 0 Å². The van der Waals surface area contributed by atoms with Crippen LogP contribution in [0.15, 0.2) is 17.0 Å². The van der Waals surface area contributed by atoms with Crippen molar-refractivity contribution in [2.24, 2.45) is 0 Å². The van der Waals surface area contributed by atoms with Crippen LogP contribution in [0.2, 0.25) is 0 Å². The number of sulfone groups is 1. The van der Waals surface area contributed by atoms with E-state index in [0.717, 1.165) is 16.7 Å². The summed E-state index contributed by atoms with van der Waals surface area (Å²) >= 11 is 0. The molecule has 0 aliphatic rings. The van der Waals surface area contributed by atoms with Crippen molar-refractivity contribution in [3.05, 3.63) is 28.8 Å². The average molecular weight is 237 g/mol. The van der Waals surface area contributed by atoms with Gasteiger partial charge in [-0.15, -0.1) is 0 Å². The molecule has 0 aromatic heterocycles. The maximum absolute atomic E-state index is 11.9. The van der Waals surface area contributed by atoms with E-state index in [2.05, 4.69) is 0 Å². The second-order valence-electron chi connectivity index (χ2n) is 3.93. The molecule has 0 aliphatic carbocycles. The Bertz CT molecular complexity index is 539. The van der Waals surface area contributed by atoms with Crippen LogP contribution in [0.3, 0.4) is 0 Å². The first-order valence-corrected chi connectivity index (χ1v) is 6.71. The number of nitriles is 1. The van der Waals surface area contributed by atoms with E-state index in [0.29, 0.717) is 4.90 Å². The predicted octanol–water partition coefficient (Wildman–Crippen LogP) is 2.30. The molecule has 1 aromatic carbocycles. The second kappa shape index (κ2) is 4.67. The van der Waals surface area contributed by atoms with E-state index >= 15 is 0 Å². The van der Waals surface area contributed by atoms with Gasteiger partial charge in [-0.25, -0.2) is 8.42 Å². The number of rotatable bonds is 3. The molecule has 0 bridgehead atoms. The largest absolute Gasteiger partial charge is 0.224 e. The number of benzene rings is 1. The smallest absolute Gasteiger partial charge is 0.179 e. The van der Waals surface area contributed by atoms with Gasteiger partial charge in [0.05, 0.1) is 16.7 Å². The summed E-state index contributed by atoms with van der Waals surface area (Å²) in [5.74, 6) is -0.104. The minimum absolute atomic E-state index is 0.0364. The third-order valence-corrected chi connectivity index (χ3v) is 4.46. The zero-order valence-electron chi connectivity index (χ0n) is 9.74. The molecule has 0 amide bonds. The first-order chi connectivity index (χ1) is 7.38. The fourth-order valence-electron chi connectivity index (χ4n) is 1.56. The van der Waals surface area contributed by atoms with Crippen molar-refractivity contribution in [3.63, 3.8) is 0 Å². The quantitative estimate of drug-likeness (QED) is 0.810. The molecule has 0 saturated heterocycles. The Morgan fingerprint density at radius 3 is 2.25 bits per heavy atom. The lowest BCUT2D eigenvalue weighted by molar-refractivity contribution is 0.595. The average Bonchev–Trinajstić information content (AvgIpc) is 2.20. The summed E-state index contributed by atoms with van der Waals surface area (Å²) < 4.78 is 23.8. The van der Waals surface area contributed by atoms with Gasteiger partial charge in [-0.3, -0.25) is 0 Å². The number of nitrogens with zero attached hydrogens (tertiary/aromatic N) is 1. The highest BCUT2D eigenvalue weighted by Crippen LogP contribution is 2.21. The molecule has 0 spiro atoms. The molecule has 0 heterocycles. The molecule has 0 aliphatic heterocycles. The van der Waals surface area contributed by atoms with Gasteiger partial charge in [0.25, 0.3) is 0 Å². The highest BCUT2D eigenvalue weighted by atomic mass is 32.2. The first-order valence-electron chi connectivity index (χ1n) is 5.06. The molecule has 4 heteroatoms. The van der Waals surface area contributed by atoms with Crippen LogP contribution in [0.4, 0.5) is 0 Å². The summed E-state index contributed by atoms with van der Waals surface area (Å²) in [6.45, 7) is 5.62. The molecule has 0 saturated carbocycles. The molecule has 0 fully saturated rings. The highest BCUT2D eigenvalue weighted by Gasteiger charge is 2.17. The van der Waals surface area contributed by atoms with Crippen molar-refractivity contribution >= 4 is 9.84 Å². The molecule has 0 atom stereocenters. The van der Waals surface area contributed by atoms with Crippen LogP contribution in [0.25, 0.3) is 0 Å². The zero-order valence-corrected chi connectivity index (χ0v) is 10.6. The number of hydrogen-bond donors (Lipinski definition) is 0. The summed E-state index contributed by atoms with van der Waals surface area (Å²) in [5, 5.41) is 8.43. The van der Waals surface area contributed by atoms with Gasteiger partial charge < -0.3 is 0 Å². The van der Waals surface area contributed by atoms with E-state index in [1.165, 1.54) is 0 Å². The van der Waals surface area contributed by atoms with Crippen LogP contribution in [0, 0.1) is 32.1 Å². The first kappa shape index (κ1) is 12.7. The minimum atomic E-state index is -3.31. The van der Waals surface area contributed by atoms with Crippen LogP contribution in [0.1, 0.15) is 23.1 Å². The van der Waals surface area contributed by atoms with Gasteiger partial charge in [0.15, 0.2) is 9.84 Å². The van der Waals surface area contributed by atoms with Crippen molar-refractivity contribution < 1.29 is 8.42 Å². The monoisotopic (exact) mass is 237 g/mol. The molecule has 1 rings (SSSR count). The van der Waals surface area contributed by atoms with Crippen molar-refractivity contribution in [1.82, 2.24) is 0 Å². The van der Waals surface area contributed by atoms with E-state index in [1.54, 1.807) is 13.0 Å². The van der Waals surface area contributed by atoms with Crippen LogP contribution in [-0.2, 0) is 9.84 Å². The van der Waals surface area contributed by atoms with Crippen molar-refractivity contribution in [2.45, 2.75) is 32.1 Å². The lowest BCUT2D eigenvalue weighted by Crippen LogP contribution is -2.08. The molecule has 0 N–H and O–H groups in total. The second-order valence-corrected chi connectivity index (χ2v) is 6.01. The molecule has 0 unspecified atom stereocenters. The Morgan fingerprint density at radius 2 is 1.69 bits per heavy atom. The molecular formula is C12H15NO2S. The van der Waals surface area contributed by atoms with Gasteiger partial charge in [0, 0.05) is 6.42 Å². The fraction of sp³-hybridized carbons (Fsp3) is 0.417. The molecule has 3 nitrogen and oxygen atoms in total. The molecule has 0 radical (unpaired) electrons. The van der Waals surface area contributed by atoms with Crippen molar-refractivity contribution in [2.75, 3.05) is 5.75 Å². The number of aryl methyl sites for hydroxylation is 3. The fourth-order valence-corrected chi connectivity index (χ4v) is 3.04. The molecular weight excluding hydrogens is 222 g/mol. The van der Waals surface area contributed by atoms with Gasteiger partial charge in [-0.1, -0.05) is 6.07 Å². The van der Waals surface area contributed by atoms with E-state index in [4.69, 9.17) is 5.26 Å². The van der Waals surface area contributed by atoms with Gasteiger partial charge in [-0.05, 0) is 43.5 Å². The maximum Gasteiger partial charge on any atom is 0.179 e. The lowest BCUT2D eigenvalue weighted by atomic mass is 10.1. The summed E-state index contributed by atoms with van der Waals surface area (Å²) in [4.78, 5) is 0.353. The van der Waals surface area contributed by atoms with Gasteiger partial charge in [0.1, 0.15) is 0 Å². The summed E-state index contributed by atoms with van der Waals surface area (Å²) in [7, 11) is -3.31. The van der Waals surface area contributed by atoms with Crippen molar-refractivity contribution in [3.8, 4) is 6.07 Å². The van der Waals surface area contributed by atoms with E-state index in [1.807, 2.05) is 26.0 Å². The van der Waals surface area contributed by atoms with E-state index < -0.39 is 9.84 Å². The molecule has 16 heavy (non-hydrogen) atoms. The third-order valence-electron chi connectivity index (χ3n) is 2.61. The predicted molar refractivity (Wildman–Crippen MR) is 62.9 cm³/mol. The molecule has 86 valence electrons. The summed E-state index contributed by atoms with van der Waals surface area (Å²) in [6.07, 6.45) is 0.0364. The van der Waals surface area contributed by atoms with Crippen LogP contribution in [0.5, 0.6) is 0 Å². The standard InChI is InChI=1S/C12H15NO2S/c1-9-7-11(3)12(8-10(9)2)16(14,15)6-4-5-13/h7-8H,4,6H2,1-3H3. The van der Waals surface area contributed by atoms with Crippen molar-refractivity contribution in [1.29, 1.82) is 5.26 Å². The minimum Gasteiger partial charge on any atom is -0.224 e. The normalized spacial score (nSPS) is 11.1. The van der Waals surface area contributed by atoms with Gasteiger partial charge in [-0.2, -0.15) is 5.26 Å².